The Hall–Kier alpha value is -2.60. The molecule has 0 spiro atoms. The number of benzene rings is 2. The Morgan fingerprint density at radius 2 is 0.391 bits per heavy atom. The largest absolute Gasteiger partial charge is 2.00 e. The Kier molecular flexibility index (Phi) is 106. The molecule has 4 nitrogen and oxygen atoms in total. The first-order valence-electron chi connectivity index (χ1n) is 60.7. The molecule has 0 aliphatic carbocycles. The minimum Gasteiger partial charge on any atom is -0.668 e. The van der Waals surface area contributed by atoms with Crippen molar-refractivity contribution >= 4 is 11.4 Å². The van der Waals surface area contributed by atoms with E-state index in [1.165, 1.54) is 618 Å². The van der Waals surface area contributed by atoms with Crippen LogP contribution >= 0.6 is 0 Å². The molecule has 0 saturated heterocycles. The van der Waals surface area contributed by atoms with E-state index in [0.29, 0.717) is 0 Å². The van der Waals surface area contributed by atoms with Crippen molar-refractivity contribution in [3.05, 3.63) is 109 Å². The molecule has 0 saturated carbocycles. The monoisotopic (exact) mass is 1930 g/mol. The average Bonchev–Trinajstić information content (AvgIpc) is 1.60. The minimum absolute atomic E-state index is 0. The van der Waals surface area contributed by atoms with Crippen molar-refractivity contribution in [3.8, 4) is 11.8 Å². The quantitative estimate of drug-likeness (QED) is 0.0274. The molecular formula is C128H234N4Pd. The second-order valence-corrected chi connectivity index (χ2v) is 42.4. The summed E-state index contributed by atoms with van der Waals surface area (Å²) < 4.78 is 1.71. The Balaban J connectivity index is 0.0000242. The van der Waals surface area contributed by atoms with Crippen LogP contribution in [-0.4, -0.2) is 32.9 Å². The van der Waals surface area contributed by atoms with Crippen LogP contribution in [0.3, 0.4) is 0 Å². The van der Waals surface area contributed by atoms with Crippen LogP contribution in [0.4, 0.5) is 0 Å². The molecule has 0 radical (unpaired) electrons. The molecule has 5 heteroatoms. The zero-order valence-corrected chi connectivity index (χ0v) is 93.6. The summed E-state index contributed by atoms with van der Waals surface area (Å²) in [5.74, 6) is 7.91. The van der Waals surface area contributed by atoms with Crippen LogP contribution in [0, 0.1) is 11.8 Å². The smallest absolute Gasteiger partial charge is 0.668 e. The molecule has 0 aromatic heterocycles. The van der Waals surface area contributed by atoms with E-state index < -0.39 is 0 Å². The van der Waals surface area contributed by atoms with Gasteiger partial charge < -0.3 is 16.2 Å². The standard InChI is InChI=1S/C124H222N2.2C2H6N.Pd/c1-7-13-19-25-31-37-41-45-49-53-55-57-59-60-62-64-66-68-72-76-80-84-90-96-102-108-122-121(107-101-95-89-83-79-75-71-67-65-63-61-58-56-54-50-46-42-38-32-26-20-14-8-2)123(119-111-115(103-97-91-85-35-29-23-17-11-5)109-117(113-119)105-99-93-87-81-77-73-69-51-47-43-39-33-27-21-15-9-3)126(125)124(122)120-112-116(104-98-92-86-36-30-24-18-12-6)110-118(114-120)106-100-94-88-82-78-74-70-52-48-44-40-34-28-22-16-10-4;2*1-3-2;/h101,107,109-114H,7-100,103-106H2,1-6H3;2*1-2H3;/q;2*-1;+2. The van der Waals surface area contributed by atoms with Gasteiger partial charge in [-0.3, -0.25) is 0 Å². The topological polar surface area (TPSA) is 53.5 Å². The fourth-order valence-corrected chi connectivity index (χ4v) is 20.5. The van der Waals surface area contributed by atoms with Gasteiger partial charge in [-0.2, -0.15) is 28.2 Å². The predicted molar refractivity (Wildman–Crippen MR) is 601 cm³/mol. The van der Waals surface area contributed by atoms with Gasteiger partial charge in [0.2, 0.25) is 11.4 Å². The summed E-state index contributed by atoms with van der Waals surface area (Å²) in [6, 6.07) is 15.3. The van der Waals surface area contributed by atoms with Gasteiger partial charge in [-0.05, 0) is 117 Å². The van der Waals surface area contributed by atoms with Gasteiger partial charge in [0.05, 0.1) is 5.57 Å². The summed E-state index contributed by atoms with van der Waals surface area (Å²) in [7, 11) is 7.00. The molecule has 0 bridgehead atoms. The predicted octanol–water partition coefficient (Wildman–Crippen LogP) is 45.6. The maximum Gasteiger partial charge on any atom is 2.00 e. The maximum atomic E-state index is 13.8. The van der Waals surface area contributed by atoms with Crippen molar-refractivity contribution in [1.29, 1.82) is 0 Å². The molecule has 1 aliphatic heterocycles. The van der Waals surface area contributed by atoms with Crippen LogP contribution in [0.1, 0.15) is 678 Å². The third-order valence-electron chi connectivity index (χ3n) is 29.0. The van der Waals surface area contributed by atoms with Crippen LogP contribution < -0.4 is 0 Å². The zero-order valence-electron chi connectivity index (χ0n) is 92.0. The van der Waals surface area contributed by atoms with Crippen molar-refractivity contribution in [2.75, 3.05) is 28.2 Å². The van der Waals surface area contributed by atoms with E-state index in [0.717, 1.165) is 67.5 Å². The van der Waals surface area contributed by atoms with Crippen LogP contribution in [0.2, 0.25) is 0 Å². The molecule has 133 heavy (non-hydrogen) atoms. The molecular weight excluding hydrogens is 1700 g/mol. The van der Waals surface area contributed by atoms with Gasteiger partial charge in [-0.25, -0.2) is 4.70 Å². The van der Waals surface area contributed by atoms with Crippen molar-refractivity contribution in [2.24, 2.45) is 0 Å². The number of unbranched alkanes of at least 4 members (excludes halogenated alkanes) is 88. The molecule has 776 valence electrons. The molecule has 3 rings (SSSR count). The van der Waals surface area contributed by atoms with Crippen molar-refractivity contribution in [1.82, 2.24) is 0 Å². The van der Waals surface area contributed by atoms with Crippen molar-refractivity contribution in [2.45, 2.75) is 671 Å². The van der Waals surface area contributed by atoms with Gasteiger partial charge in [0.1, 0.15) is 5.57 Å². The number of allylic oxidation sites excluding steroid dienone is 4. The van der Waals surface area contributed by atoms with Crippen LogP contribution in [0.25, 0.3) is 27.6 Å². The summed E-state index contributed by atoms with van der Waals surface area (Å²) in [6.07, 6.45) is 140. The Morgan fingerprint density at radius 3 is 0.586 bits per heavy atom. The second-order valence-electron chi connectivity index (χ2n) is 42.4. The molecule has 0 unspecified atom stereocenters. The molecule has 1 aliphatic rings. The third kappa shape index (κ3) is 84.8. The number of nitrogens with zero attached hydrogens (tertiary/aromatic N) is 4. The average molecular weight is 1940 g/mol. The Labute approximate surface area is 850 Å². The molecule has 0 N–H and O–H groups in total. The number of aryl methyl sites for hydroxylation is 4. The maximum absolute atomic E-state index is 13.8. The fourth-order valence-electron chi connectivity index (χ4n) is 20.5. The first-order valence-corrected chi connectivity index (χ1v) is 60.7. The van der Waals surface area contributed by atoms with E-state index in [1.807, 2.05) is 0 Å². The van der Waals surface area contributed by atoms with Gasteiger partial charge in [-0.1, -0.05) is 630 Å². The van der Waals surface area contributed by atoms with E-state index in [-0.39, 0.29) is 20.4 Å². The number of rotatable bonds is 100. The van der Waals surface area contributed by atoms with E-state index >= 15 is 0 Å². The molecule has 1 heterocycles. The second kappa shape index (κ2) is 108. The van der Waals surface area contributed by atoms with Crippen molar-refractivity contribution < 1.29 is 25.1 Å². The van der Waals surface area contributed by atoms with Crippen LogP contribution in [0.15, 0.2) is 59.7 Å². The third-order valence-corrected chi connectivity index (χ3v) is 29.0. The summed E-state index contributed by atoms with van der Waals surface area (Å²) in [4.78, 5) is 0. The molecule has 2 aromatic carbocycles. The van der Waals surface area contributed by atoms with E-state index in [2.05, 4.69) is 113 Å². The minimum atomic E-state index is 0. The van der Waals surface area contributed by atoms with Crippen LogP contribution in [0.5, 0.6) is 0 Å². The summed E-state index contributed by atoms with van der Waals surface area (Å²) in [6.45, 7) is 14.0. The Morgan fingerprint density at radius 1 is 0.226 bits per heavy atom. The number of hydrogen-bond acceptors (Lipinski definition) is 0. The van der Waals surface area contributed by atoms with Crippen molar-refractivity contribution in [3.63, 3.8) is 0 Å². The molecule has 0 amide bonds. The summed E-state index contributed by atoms with van der Waals surface area (Å²) in [5, 5.41) is 7.00. The normalized spacial score (nSPS) is 12.1. The van der Waals surface area contributed by atoms with Gasteiger partial charge in [0.15, 0.2) is 0 Å². The molecule has 2 aromatic rings. The van der Waals surface area contributed by atoms with Gasteiger partial charge >= 0.3 is 20.4 Å². The zero-order chi connectivity index (χ0) is 95.1. The van der Waals surface area contributed by atoms with E-state index in [4.69, 9.17) is 0 Å². The first-order chi connectivity index (χ1) is 65.3. The van der Waals surface area contributed by atoms with Crippen LogP contribution in [-0.2, 0) is 46.1 Å². The SMILES string of the molecule is CCCCCCCCCCCCCCCCCCCCCCCC=CC1=C(c2cc(CCCCCCCCCC)cc(CCCCCCCCCCCCCCCCCC)c2)[N+](=[N-])C(c2cc(CCCCCCCCCC)cc(CCCCCCCCCCCCCCCCCC)c2)=C1C#CCCCCCCCCCCCCCCCCCCCCCCCCC.C[N-]C.C[N-]C.[Pd+2]. The van der Waals surface area contributed by atoms with Gasteiger partial charge in [0.25, 0.3) is 0 Å². The van der Waals surface area contributed by atoms with Gasteiger partial charge in [-0.15, -0.1) is 0 Å². The van der Waals surface area contributed by atoms with Gasteiger partial charge in [0, 0.05) is 17.5 Å². The number of hydrogen-bond donors (Lipinski definition) is 0. The van der Waals surface area contributed by atoms with E-state index in [9.17, 15) is 5.53 Å². The summed E-state index contributed by atoms with van der Waals surface area (Å²) >= 11 is 0. The summed E-state index contributed by atoms with van der Waals surface area (Å²) in [5.41, 5.74) is 26.1. The molecule has 0 atom stereocenters. The van der Waals surface area contributed by atoms with E-state index in [1.54, 1.807) is 32.9 Å². The Bertz CT molecular complexity index is 2860. The fraction of sp³-hybridized carbons (Fsp3) is 0.844. The molecule has 0 fully saturated rings. The first kappa shape index (κ1) is 130.